The Morgan fingerprint density at radius 3 is 2.25 bits per heavy atom. The van der Waals surface area contributed by atoms with Crippen molar-refractivity contribution in [3.8, 4) is 0 Å². The number of nitrogens with two attached hydrogens (primary N) is 1. The molecule has 0 amide bonds. The fraction of sp³-hybridized carbons (Fsp3) is 0.875. The van der Waals surface area contributed by atoms with Gasteiger partial charge in [0.05, 0.1) is 0 Å². The molecule has 72 valence electrons. The first kappa shape index (κ1) is 11.2. The van der Waals surface area contributed by atoms with Gasteiger partial charge >= 0.3 is 0 Å². The normalized spacial score (nSPS) is 12.2. The summed E-state index contributed by atoms with van der Waals surface area (Å²) in [5, 5.41) is 0. The van der Waals surface area contributed by atoms with Crippen LogP contribution in [0.4, 0.5) is 0 Å². The first-order chi connectivity index (χ1) is 5.54. The summed E-state index contributed by atoms with van der Waals surface area (Å²) in [6.07, 6.45) is 1.06. The van der Waals surface area contributed by atoms with Crippen LogP contribution >= 0.6 is 0 Å². The summed E-state index contributed by atoms with van der Waals surface area (Å²) < 4.78 is 0. The van der Waals surface area contributed by atoms with Gasteiger partial charge in [0, 0.05) is 20.6 Å². The number of hydrogen-bond donors (Lipinski definition) is 1. The van der Waals surface area contributed by atoms with Gasteiger partial charge < -0.3 is 15.5 Å². The minimum atomic E-state index is 0.605. The zero-order chi connectivity index (χ0) is 9.56. The lowest BCUT2D eigenvalue weighted by atomic mass is 10.4. The molecular weight excluding hydrogens is 152 g/mol. The molecule has 0 radical (unpaired) electrons. The fourth-order valence-corrected chi connectivity index (χ4v) is 0.722. The number of nitrogens with zero attached hydrogens (tertiary/aromatic N) is 3. The van der Waals surface area contributed by atoms with Crippen molar-refractivity contribution in [2.45, 2.75) is 6.42 Å². The van der Waals surface area contributed by atoms with E-state index in [1.165, 1.54) is 0 Å². The topological polar surface area (TPSA) is 44.9 Å². The molecule has 0 aliphatic rings. The molecule has 2 N–H and O–H groups in total. The minimum Gasteiger partial charge on any atom is -0.370 e. The van der Waals surface area contributed by atoms with E-state index in [0.717, 1.165) is 19.5 Å². The molecule has 0 saturated heterocycles. The Labute approximate surface area is 75.0 Å². The fourth-order valence-electron chi connectivity index (χ4n) is 0.722. The van der Waals surface area contributed by atoms with E-state index in [2.05, 4.69) is 24.0 Å². The van der Waals surface area contributed by atoms with Crippen molar-refractivity contribution in [1.29, 1.82) is 0 Å². The summed E-state index contributed by atoms with van der Waals surface area (Å²) in [5.41, 5.74) is 5.60. The van der Waals surface area contributed by atoms with Crippen LogP contribution in [0.2, 0.25) is 0 Å². The van der Waals surface area contributed by atoms with Gasteiger partial charge in [0.2, 0.25) is 0 Å². The molecule has 0 rings (SSSR count). The Morgan fingerprint density at radius 2 is 1.83 bits per heavy atom. The molecule has 0 unspecified atom stereocenters. The number of aliphatic imine (C=N–C) groups is 1. The molecule has 4 heteroatoms. The van der Waals surface area contributed by atoms with E-state index in [9.17, 15) is 0 Å². The van der Waals surface area contributed by atoms with Crippen molar-refractivity contribution >= 4 is 5.96 Å². The summed E-state index contributed by atoms with van der Waals surface area (Å²) in [6, 6.07) is 0. The minimum absolute atomic E-state index is 0.605. The van der Waals surface area contributed by atoms with E-state index < -0.39 is 0 Å². The van der Waals surface area contributed by atoms with Gasteiger partial charge in [0.1, 0.15) is 0 Å². The van der Waals surface area contributed by atoms with Crippen LogP contribution in [0.3, 0.4) is 0 Å². The van der Waals surface area contributed by atoms with Gasteiger partial charge in [-0.2, -0.15) is 0 Å². The Hall–Kier alpha value is -0.770. The second-order valence-corrected chi connectivity index (χ2v) is 3.29. The predicted octanol–water partition coefficient (Wildman–Crippen LogP) is -0.186. The van der Waals surface area contributed by atoms with Crippen LogP contribution in [0.15, 0.2) is 4.99 Å². The molecule has 12 heavy (non-hydrogen) atoms. The largest absolute Gasteiger partial charge is 0.370 e. The van der Waals surface area contributed by atoms with E-state index in [1.54, 1.807) is 0 Å². The maximum Gasteiger partial charge on any atom is 0.190 e. The maximum atomic E-state index is 5.60. The maximum absolute atomic E-state index is 5.60. The Morgan fingerprint density at radius 1 is 1.25 bits per heavy atom. The number of rotatable bonds is 4. The molecule has 0 heterocycles. The lowest BCUT2D eigenvalue weighted by Gasteiger charge is -2.11. The quantitative estimate of drug-likeness (QED) is 0.363. The second-order valence-electron chi connectivity index (χ2n) is 3.29. The van der Waals surface area contributed by atoms with Crippen LogP contribution in [-0.4, -0.2) is 57.0 Å². The highest BCUT2D eigenvalue weighted by molar-refractivity contribution is 5.77. The van der Waals surface area contributed by atoms with Gasteiger partial charge in [0.15, 0.2) is 5.96 Å². The molecule has 0 saturated carbocycles. The van der Waals surface area contributed by atoms with Crippen LogP contribution in [-0.2, 0) is 0 Å². The molecule has 0 aliphatic carbocycles. The summed E-state index contributed by atoms with van der Waals surface area (Å²) >= 11 is 0. The van der Waals surface area contributed by atoms with Crippen molar-refractivity contribution in [3.05, 3.63) is 0 Å². The Balaban J connectivity index is 3.47. The summed E-state index contributed by atoms with van der Waals surface area (Å²) in [5.74, 6) is 0.605. The number of guanidine groups is 1. The third-order valence-corrected chi connectivity index (χ3v) is 1.50. The highest BCUT2D eigenvalue weighted by Crippen LogP contribution is 1.85. The molecule has 4 nitrogen and oxygen atoms in total. The van der Waals surface area contributed by atoms with E-state index in [4.69, 9.17) is 5.73 Å². The van der Waals surface area contributed by atoms with Gasteiger partial charge in [-0.05, 0) is 27.1 Å². The highest BCUT2D eigenvalue weighted by Gasteiger charge is 1.93. The van der Waals surface area contributed by atoms with Gasteiger partial charge in [-0.25, -0.2) is 0 Å². The SMILES string of the molecule is CN(C)CCCN=C(N)N(C)C. The van der Waals surface area contributed by atoms with Crippen LogP contribution in [0.25, 0.3) is 0 Å². The van der Waals surface area contributed by atoms with Crippen molar-refractivity contribution in [2.24, 2.45) is 10.7 Å². The Bertz CT molecular complexity index is 140. The summed E-state index contributed by atoms with van der Waals surface area (Å²) in [6.45, 7) is 1.87. The first-order valence-electron chi connectivity index (χ1n) is 4.16. The van der Waals surface area contributed by atoms with Gasteiger partial charge in [0.25, 0.3) is 0 Å². The molecule has 0 atom stereocenters. The molecular formula is C8H20N4. The first-order valence-corrected chi connectivity index (χ1v) is 4.16. The van der Waals surface area contributed by atoms with E-state index in [-0.39, 0.29) is 0 Å². The van der Waals surface area contributed by atoms with Crippen LogP contribution in [0, 0.1) is 0 Å². The molecule has 0 aromatic rings. The third-order valence-electron chi connectivity index (χ3n) is 1.50. The second kappa shape index (κ2) is 5.83. The zero-order valence-electron chi connectivity index (χ0n) is 8.54. The van der Waals surface area contributed by atoms with E-state index >= 15 is 0 Å². The molecule has 0 fully saturated rings. The molecule has 0 bridgehead atoms. The van der Waals surface area contributed by atoms with Crippen LogP contribution < -0.4 is 5.73 Å². The molecule has 0 aromatic carbocycles. The molecule has 0 aliphatic heterocycles. The molecule has 0 aromatic heterocycles. The van der Waals surface area contributed by atoms with Crippen LogP contribution in [0.5, 0.6) is 0 Å². The smallest absolute Gasteiger partial charge is 0.190 e. The zero-order valence-corrected chi connectivity index (χ0v) is 8.54. The average molecular weight is 172 g/mol. The van der Waals surface area contributed by atoms with Gasteiger partial charge in [-0.15, -0.1) is 0 Å². The molecule has 0 spiro atoms. The highest BCUT2D eigenvalue weighted by atomic mass is 15.2. The Kier molecular flexibility index (Phi) is 5.45. The lowest BCUT2D eigenvalue weighted by molar-refractivity contribution is 0.403. The number of hydrogen-bond acceptors (Lipinski definition) is 2. The monoisotopic (exact) mass is 172 g/mol. The van der Waals surface area contributed by atoms with Gasteiger partial charge in [-0.1, -0.05) is 0 Å². The standard InChI is InChI=1S/C8H20N4/c1-11(2)7-5-6-10-8(9)12(3)4/h5-7H2,1-4H3,(H2,9,10). The lowest BCUT2D eigenvalue weighted by Crippen LogP contribution is -2.30. The average Bonchev–Trinajstić information content (AvgIpc) is 1.97. The van der Waals surface area contributed by atoms with E-state index in [1.807, 2.05) is 19.0 Å². The third kappa shape index (κ3) is 5.97. The van der Waals surface area contributed by atoms with Crippen molar-refractivity contribution < 1.29 is 0 Å². The van der Waals surface area contributed by atoms with Crippen LogP contribution in [0.1, 0.15) is 6.42 Å². The van der Waals surface area contributed by atoms with Crippen molar-refractivity contribution in [3.63, 3.8) is 0 Å². The van der Waals surface area contributed by atoms with Gasteiger partial charge in [-0.3, -0.25) is 4.99 Å². The summed E-state index contributed by atoms with van der Waals surface area (Å²) in [4.78, 5) is 8.14. The predicted molar refractivity (Wildman–Crippen MR) is 53.3 cm³/mol. The van der Waals surface area contributed by atoms with E-state index in [0.29, 0.717) is 5.96 Å². The van der Waals surface area contributed by atoms with Crippen molar-refractivity contribution in [1.82, 2.24) is 9.80 Å². The summed E-state index contributed by atoms with van der Waals surface area (Å²) in [7, 11) is 7.90. The van der Waals surface area contributed by atoms with Crippen molar-refractivity contribution in [2.75, 3.05) is 41.3 Å².